The Bertz CT molecular complexity index is 464. The number of hydrogen-bond donors (Lipinski definition) is 0. The number of esters is 1. The van der Waals surface area contributed by atoms with Crippen molar-refractivity contribution in [2.75, 3.05) is 7.11 Å². The monoisotopic (exact) mass is 220 g/mol. The van der Waals surface area contributed by atoms with E-state index in [1.54, 1.807) is 6.07 Å². The number of non-ortho nitro benzene ring substituents is 1. The molecule has 0 radical (unpaired) electrons. The summed E-state index contributed by atoms with van der Waals surface area (Å²) < 4.78 is 4.43. The van der Waals surface area contributed by atoms with Crippen molar-refractivity contribution in [1.29, 1.82) is 5.26 Å². The molecule has 82 valence electrons. The number of rotatable bonds is 3. The number of nitro benzene ring substituents is 1. The number of nitro groups is 1. The average Bonchev–Trinajstić information content (AvgIpc) is 2.30. The lowest BCUT2D eigenvalue weighted by atomic mass is 10.0. The summed E-state index contributed by atoms with van der Waals surface area (Å²) >= 11 is 0. The predicted molar refractivity (Wildman–Crippen MR) is 53.5 cm³/mol. The van der Waals surface area contributed by atoms with Crippen molar-refractivity contribution >= 4 is 11.7 Å². The third-order valence-corrected chi connectivity index (χ3v) is 1.98. The fourth-order valence-electron chi connectivity index (χ4n) is 1.20. The maximum Gasteiger partial charge on any atom is 0.327 e. The zero-order valence-electron chi connectivity index (χ0n) is 8.41. The Morgan fingerprint density at radius 1 is 1.62 bits per heavy atom. The van der Waals surface area contributed by atoms with Gasteiger partial charge in [0, 0.05) is 12.1 Å². The summed E-state index contributed by atoms with van der Waals surface area (Å²) in [5.41, 5.74) is 0.0882. The molecule has 6 heteroatoms. The van der Waals surface area contributed by atoms with Gasteiger partial charge < -0.3 is 4.74 Å². The van der Waals surface area contributed by atoms with E-state index in [1.165, 1.54) is 24.3 Å². The molecule has 0 aliphatic rings. The van der Waals surface area contributed by atoms with Crippen LogP contribution in [0.2, 0.25) is 0 Å². The van der Waals surface area contributed by atoms with Crippen molar-refractivity contribution < 1.29 is 14.5 Å². The second-order valence-electron chi connectivity index (χ2n) is 2.94. The van der Waals surface area contributed by atoms with Crippen LogP contribution in [0.4, 0.5) is 5.69 Å². The maximum atomic E-state index is 11.2. The number of nitrogens with zero attached hydrogens (tertiary/aromatic N) is 2. The molecule has 1 atom stereocenters. The highest BCUT2D eigenvalue weighted by Crippen LogP contribution is 2.21. The van der Waals surface area contributed by atoms with Gasteiger partial charge in [0.15, 0.2) is 5.92 Å². The molecule has 1 rings (SSSR count). The fourth-order valence-corrected chi connectivity index (χ4v) is 1.20. The highest BCUT2D eigenvalue weighted by Gasteiger charge is 2.22. The van der Waals surface area contributed by atoms with Gasteiger partial charge in [0.1, 0.15) is 0 Å². The van der Waals surface area contributed by atoms with Crippen LogP contribution in [0.3, 0.4) is 0 Å². The minimum atomic E-state index is -1.13. The molecule has 6 nitrogen and oxygen atoms in total. The molecule has 0 heterocycles. The van der Waals surface area contributed by atoms with Gasteiger partial charge in [-0.05, 0) is 5.56 Å². The van der Waals surface area contributed by atoms with Crippen LogP contribution in [-0.2, 0) is 9.53 Å². The second kappa shape index (κ2) is 4.89. The molecule has 0 aliphatic carbocycles. The Morgan fingerprint density at radius 2 is 2.31 bits per heavy atom. The van der Waals surface area contributed by atoms with Crippen molar-refractivity contribution in [2.45, 2.75) is 5.92 Å². The molecule has 0 N–H and O–H groups in total. The van der Waals surface area contributed by atoms with Crippen molar-refractivity contribution in [3.05, 3.63) is 39.9 Å². The molecule has 0 bridgehead atoms. The SMILES string of the molecule is COC(=O)C(C#N)c1cccc([N+](=O)[O-])c1. The van der Waals surface area contributed by atoms with E-state index >= 15 is 0 Å². The highest BCUT2D eigenvalue weighted by atomic mass is 16.6. The number of carbonyl (C=O) groups excluding carboxylic acids is 1. The van der Waals surface area contributed by atoms with E-state index in [9.17, 15) is 14.9 Å². The van der Waals surface area contributed by atoms with Gasteiger partial charge in [-0.25, -0.2) is 0 Å². The molecule has 1 aromatic carbocycles. The first-order valence-electron chi connectivity index (χ1n) is 4.32. The quantitative estimate of drug-likeness (QED) is 0.435. The molecule has 0 saturated carbocycles. The molecule has 0 spiro atoms. The number of carbonyl (C=O) groups is 1. The van der Waals surface area contributed by atoms with Crippen LogP contribution in [0, 0.1) is 21.4 Å². The van der Waals surface area contributed by atoms with Crippen LogP contribution >= 0.6 is 0 Å². The Kier molecular flexibility index (Phi) is 3.56. The van der Waals surface area contributed by atoms with Crippen LogP contribution < -0.4 is 0 Å². The standard InChI is InChI=1S/C10H8N2O4/c1-16-10(13)9(6-11)7-3-2-4-8(5-7)12(14)15/h2-5,9H,1H3. The summed E-state index contributed by atoms with van der Waals surface area (Å²) in [5.74, 6) is -1.87. The summed E-state index contributed by atoms with van der Waals surface area (Å²) in [5, 5.41) is 19.3. The zero-order chi connectivity index (χ0) is 12.1. The first-order chi connectivity index (χ1) is 7.60. The second-order valence-corrected chi connectivity index (χ2v) is 2.94. The van der Waals surface area contributed by atoms with E-state index in [-0.39, 0.29) is 11.3 Å². The lowest BCUT2D eigenvalue weighted by Gasteiger charge is -2.06. The normalized spacial score (nSPS) is 11.2. The van der Waals surface area contributed by atoms with Gasteiger partial charge in [-0.3, -0.25) is 14.9 Å². The number of hydrogen-bond acceptors (Lipinski definition) is 5. The van der Waals surface area contributed by atoms with E-state index in [1.807, 2.05) is 0 Å². The van der Waals surface area contributed by atoms with Crippen LogP contribution in [0.15, 0.2) is 24.3 Å². The zero-order valence-corrected chi connectivity index (χ0v) is 8.41. The van der Waals surface area contributed by atoms with Gasteiger partial charge in [-0.2, -0.15) is 5.26 Å². The molecule has 0 aliphatic heterocycles. The van der Waals surface area contributed by atoms with E-state index in [0.717, 1.165) is 7.11 Å². The van der Waals surface area contributed by atoms with Crippen molar-refractivity contribution in [2.24, 2.45) is 0 Å². The van der Waals surface area contributed by atoms with E-state index < -0.39 is 16.8 Å². The lowest BCUT2D eigenvalue weighted by molar-refractivity contribution is -0.384. The Morgan fingerprint density at radius 3 is 2.81 bits per heavy atom. The summed E-state index contributed by atoms with van der Waals surface area (Å²) in [6.07, 6.45) is 0. The van der Waals surface area contributed by atoms with E-state index in [4.69, 9.17) is 5.26 Å². The van der Waals surface area contributed by atoms with Crippen LogP contribution in [0.5, 0.6) is 0 Å². The Labute approximate surface area is 91.2 Å². The van der Waals surface area contributed by atoms with Crippen LogP contribution in [0.25, 0.3) is 0 Å². The van der Waals surface area contributed by atoms with Crippen LogP contribution in [-0.4, -0.2) is 18.0 Å². The number of benzene rings is 1. The van der Waals surface area contributed by atoms with Gasteiger partial charge in [0.25, 0.3) is 5.69 Å². The molecule has 0 fully saturated rings. The average molecular weight is 220 g/mol. The molecule has 1 aromatic rings. The first kappa shape index (κ1) is 11.7. The molecular weight excluding hydrogens is 212 g/mol. The maximum absolute atomic E-state index is 11.2. The number of ether oxygens (including phenoxy) is 1. The highest BCUT2D eigenvalue weighted by molar-refractivity contribution is 5.81. The first-order valence-corrected chi connectivity index (χ1v) is 4.32. The number of methoxy groups -OCH3 is 1. The van der Waals surface area contributed by atoms with E-state index in [2.05, 4.69) is 4.74 Å². The van der Waals surface area contributed by atoms with Gasteiger partial charge in [0.05, 0.1) is 18.1 Å². The summed E-state index contributed by atoms with van der Waals surface area (Å²) in [7, 11) is 1.16. The van der Waals surface area contributed by atoms with Gasteiger partial charge in [0.2, 0.25) is 0 Å². The third kappa shape index (κ3) is 2.33. The largest absolute Gasteiger partial charge is 0.468 e. The fraction of sp³-hybridized carbons (Fsp3) is 0.200. The summed E-state index contributed by atoms with van der Waals surface area (Å²) in [4.78, 5) is 21.1. The minimum absolute atomic E-state index is 0.165. The molecular formula is C10H8N2O4. The smallest absolute Gasteiger partial charge is 0.327 e. The molecule has 16 heavy (non-hydrogen) atoms. The third-order valence-electron chi connectivity index (χ3n) is 1.98. The topological polar surface area (TPSA) is 93.2 Å². The van der Waals surface area contributed by atoms with Gasteiger partial charge in [-0.1, -0.05) is 12.1 Å². The molecule has 1 unspecified atom stereocenters. The molecule has 0 saturated heterocycles. The lowest BCUT2D eigenvalue weighted by Crippen LogP contribution is -2.12. The van der Waals surface area contributed by atoms with Gasteiger partial charge >= 0.3 is 5.97 Å². The van der Waals surface area contributed by atoms with Crippen molar-refractivity contribution in [1.82, 2.24) is 0 Å². The predicted octanol–water partition coefficient (Wildman–Crippen LogP) is 1.37. The minimum Gasteiger partial charge on any atom is -0.468 e. The Hall–Kier alpha value is -2.42. The number of nitriles is 1. The van der Waals surface area contributed by atoms with E-state index in [0.29, 0.717) is 0 Å². The molecule has 0 aromatic heterocycles. The van der Waals surface area contributed by atoms with Crippen molar-refractivity contribution in [3.8, 4) is 6.07 Å². The summed E-state index contributed by atoms with van der Waals surface area (Å²) in [6, 6.07) is 7.10. The van der Waals surface area contributed by atoms with Crippen LogP contribution in [0.1, 0.15) is 11.5 Å². The summed E-state index contributed by atoms with van der Waals surface area (Å²) in [6.45, 7) is 0. The van der Waals surface area contributed by atoms with Gasteiger partial charge in [-0.15, -0.1) is 0 Å². The van der Waals surface area contributed by atoms with Crippen molar-refractivity contribution in [3.63, 3.8) is 0 Å². The molecule has 0 amide bonds. The Balaban J connectivity index is 3.12.